The van der Waals surface area contributed by atoms with Crippen LogP contribution in [0.4, 0.5) is 0 Å². The van der Waals surface area contributed by atoms with E-state index in [2.05, 4.69) is 10.1 Å². The second-order valence-corrected chi connectivity index (χ2v) is 2.29. The zero-order valence-corrected chi connectivity index (χ0v) is 7.11. The molecule has 0 fully saturated rings. The van der Waals surface area contributed by atoms with Crippen LogP contribution in [0.5, 0.6) is 0 Å². The number of nitrogens with one attached hydrogen (secondary N) is 1. The highest BCUT2D eigenvalue weighted by molar-refractivity contribution is 5.75. The van der Waals surface area contributed by atoms with Crippen LogP contribution in [0, 0.1) is 0 Å². The minimum atomic E-state index is -1.31. The minimum Gasteiger partial charge on any atom is -0.550 e. The molecule has 0 aromatic rings. The molecule has 0 heterocycles. The highest BCUT2D eigenvalue weighted by Crippen LogP contribution is 1.94. The third-order valence-corrected chi connectivity index (χ3v) is 1.14. The Bertz CT molecular complexity index is 203. The Morgan fingerprint density at radius 3 is 2.62 bits per heavy atom. The molecule has 74 valence electrons. The summed E-state index contributed by atoms with van der Waals surface area (Å²) in [5.41, 5.74) is 0. The molecule has 6 nitrogen and oxygen atoms in total. The first-order valence-electron chi connectivity index (χ1n) is 3.65. The number of carboxylic acid groups (broad SMARTS) is 1. The standard InChI is InChI=1S/C7H11NO5/c1-5(8-4-9)13-7(12)3-2-6(10)11/h4-5H,2-3H2,1H3,(H,8,9)(H,10,11)/p-1. The van der Waals surface area contributed by atoms with Crippen molar-refractivity contribution in [2.75, 3.05) is 0 Å². The second kappa shape index (κ2) is 5.99. The maximum atomic E-state index is 10.8. The molecule has 1 N–H and O–H groups in total. The summed E-state index contributed by atoms with van der Waals surface area (Å²) in [6, 6.07) is 0. The third-order valence-electron chi connectivity index (χ3n) is 1.14. The molecule has 0 bridgehead atoms. The van der Waals surface area contributed by atoms with Crippen LogP contribution in [0.2, 0.25) is 0 Å². The largest absolute Gasteiger partial charge is 0.550 e. The zero-order chi connectivity index (χ0) is 10.3. The number of carboxylic acids is 1. The van der Waals surface area contributed by atoms with E-state index in [1.165, 1.54) is 6.92 Å². The zero-order valence-electron chi connectivity index (χ0n) is 7.11. The molecule has 0 rings (SSSR count). The molecule has 6 heteroatoms. The van der Waals surface area contributed by atoms with Gasteiger partial charge < -0.3 is 20.0 Å². The predicted molar refractivity (Wildman–Crippen MR) is 39.0 cm³/mol. The first-order valence-corrected chi connectivity index (χ1v) is 3.65. The first kappa shape index (κ1) is 11.4. The molecule has 0 aromatic carbocycles. The molecular formula is C7H10NO5-. The van der Waals surface area contributed by atoms with Crippen LogP contribution in [-0.2, 0) is 19.1 Å². The average Bonchev–Trinajstić information content (AvgIpc) is 2.01. The third kappa shape index (κ3) is 6.79. The Balaban J connectivity index is 3.61. The van der Waals surface area contributed by atoms with Crippen molar-refractivity contribution in [2.45, 2.75) is 26.0 Å². The SMILES string of the molecule is CC(NC=O)OC(=O)CCC(=O)[O-]. The number of carbonyl (C=O) groups excluding carboxylic acids is 3. The van der Waals surface area contributed by atoms with E-state index < -0.39 is 18.2 Å². The van der Waals surface area contributed by atoms with Crippen LogP contribution in [-0.4, -0.2) is 24.6 Å². The molecule has 0 spiro atoms. The number of rotatable bonds is 6. The maximum Gasteiger partial charge on any atom is 0.308 e. The van der Waals surface area contributed by atoms with E-state index in [9.17, 15) is 19.5 Å². The Kier molecular flexibility index (Phi) is 5.25. The summed E-state index contributed by atoms with van der Waals surface area (Å²) in [5.74, 6) is -2.00. The molecule has 0 aliphatic heterocycles. The van der Waals surface area contributed by atoms with Gasteiger partial charge in [0.25, 0.3) is 0 Å². The molecule has 0 radical (unpaired) electrons. The van der Waals surface area contributed by atoms with Gasteiger partial charge in [0.05, 0.1) is 6.42 Å². The fourth-order valence-corrected chi connectivity index (χ4v) is 0.590. The quantitative estimate of drug-likeness (QED) is 0.300. The molecule has 13 heavy (non-hydrogen) atoms. The van der Waals surface area contributed by atoms with Crippen molar-refractivity contribution in [1.29, 1.82) is 0 Å². The van der Waals surface area contributed by atoms with E-state index in [0.29, 0.717) is 6.41 Å². The van der Waals surface area contributed by atoms with Crippen molar-refractivity contribution >= 4 is 18.3 Å². The Hall–Kier alpha value is -1.59. The smallest absolute Gasteiger partial charge is 0.308 e. The number of esters is 1. The van der Waals surface area contributed by atoms with Crippen molar-refractivity contribution in [2.24, 2.45) is 0 Å². The summed E-state index contributed by atoms with van der Waals surface area (Å²) >= 11 is 0. The van der Waals surface area contributed by atoms with Gasteiger partial charge in [0.1, 0.15) is 0 Å². The lowest BCUT2D eigenvalue weighted by Crippen LogP contribution is -2.30. The molecule has 1 atom stereocenters. The topological polar surface area (TPSA) is 95.5 Å². The fourth-order valence-electron chi connectivity index (χ4n) is 0.590. The van der Waals surface area contributed by atoms with Crippen LogP contribution in [0.25, 0.3) is 0 Å². The van der Waals surface area contributed by atoms with Gasteiger partial charge in [-0.15, -0.1) is 0 Å². The summed E-state index contributed by atoms with van der Waals surface area (Å²) in [4.78, 5) is 30.5. The van der Waals surface area contributed by atoms with Crippen LogP contribution >= 0.6 is 0 Å². The van der Waals surface area contributed by atoms with Crippen LogP contribution < -0.4 is 10.4 Å². The van der Waals surface area contributed by atoms with Crippen LogP contribution in [0.15, 0.2) is 0 Å². The molecule has 1 unspecified atom stereocenters. The normalized spacial score (nSPS) is 11.5. The van der Waals surface area contributed by atoms with Gasteiger partial charge in [-0.2, -0.15) is 0 Å². The number of aliphatic carboxylic acids is 1. The van der Waals surface area contributed by atoms with Crippen LogP contribution in [0.3, 0.4) is 0 Å². The molecule has 0 aliphatic rings. The van der Waals surface area contributed by atoms with Gasteiger partial charge in [0.15, 0.2) is 6.23 Å². The summed E-state index contributed by atoms with van der Waals surface area (Å²) in [6.07, 6.45) is -0.997. The molecule has 0 aromatic heterocycles. The Morgan fingerprint density at radius 1 is 1.54 bits per heavy atom. The Labute approximate surface area is 74.9 Å². The summed E-state index contributed by atoms with van der Waals surface area (Å²) in [5, 5.41) is 12.1. The number of carbonyl (C=O) groups is 3. The number of amides is 1. The van der Waals surface area contributed by atoms with E-state index in [1.807, 2.05) is 0 Å². The van der Waals surface area contributed by atoms with Crippen molar-refractivity contribution in [3.8, 4) is 0 Å². The summed E-state index contributed by atoms with van der Waals surface area (Å²) in [7, 11) is 0. The van der Waals surface area contributed by atoms with E-state index in [4.69, 9.17) is 0 Å². The average molecular weight is 188 g/mol. The lowest BCUT2D eigenvalue weighted by atomic mass is 10.3. The van der Waals surface area contributed by atoms with Gasteiger partial charge in [-0.05, 0) is 13.3 Å². The van der Waals surface area contributed by atoms with E-state index in [0.717, 1.165) is 0 Å². The van der Waals surface area contributed by atoms with Gasteiger partial charge in [-0.25, -0.2) is 0 Å². The highest BCUT2D eigenvalue weighted by Gasteiger charge is 2.07. The summed E-state index contributed by atoms with van der Waals surface area (Å²) in [6.45, 7) is 1.45. The predicted octanol–water partition coefficient (Wildman–Crippen LogP) is -1.85. The summed E-state index contributed by atoms with van der Waals surface area (Å²) < 4.78 is 4.57. The van der Waals surface area contributed by atoms with Gasteiger partial charge >= 0.3 is 5.97 Å². The maximum absolute atomic E-state index is 10.8. The molecule has 0 aliphatic carbocycles. The van der Waals surface area contributed by atoms with Crippen molar-refractivity contribution < 1.29 is 24.2 Å². The lowest BCUT2D eigenvalue weighted by molar-refractivity contribution is -0.305. The molecule has 0 saturated carbocycles. The first-order chi connectivity index (χ1) is 6.06. The number of hydrogen-bond donors (Lipinski definition) is 1. The van der Waals surface area contributed by atoms with Gasteiger partial charge in [-0.3, -0.25) is 9.59 Å². The second-order valence-electron chi connectivity index (χ2n) is 2.29. The van der Waals surface area contributed by atoms with Gasteiger partial charge in [0.2, 0.25) is 6.41 Å². The van der Waals surface area contributed by atoms with Crippen molar-refractivity contribution in [3.05, 3.63) is 0 Å². The lowest BCUT2D eigenvalue weighted by Gasteiger charge is -2.11. The molecule has 1 amide bonds. The highest BCUT2D eigenvalue weighted by atomic mass is 16.6. The Morgan fingerprint density at radius 2 is 2.15 bits per heavy atom. The monoisotopic (exact) mass is 188 g/mol. The molecular weight excluding hydrogens is 178 g/mol. The molecule has 0 saturated heterocycles. The van der Waals surface area contributed by atoms with E-state index >= 15 is 0 Å². The van der Waals surface area contributed by atoms with Crippen LogP contribution in [0.1, 0.15) is 19.8 Å². The van der Waals surface area contributed by atoms with Gasteiger partial charge in [0, 0.05) is 5.97 Å². The number of ether oxygens (including phenoxy) is 1. The minimum absolute atomic E-state index is 0.257. The van der Waals surface area contributed by atoms with Crippen molar-refractivity contribution in [1.82, 2.24) is 5.32 Å². The fraction of sp³-hybridized carbons (Fsp3) is 0.571. The van der Waals surface area contributed by atoms with Crippen molar-refractivity contribution in [3.63, 3.8) is 0 Å². The van der Waals surface area contributed by atoms with E-state index in [-0.39, 0.29) is 12.8 Å². The van der Waals surface area contributed by atoms with Gasteiger partial charge in [-0.1, -0.05) is 0 Å². The number of hydrogen-bond acceptors (Lipinski definition) is 5. The van der Waals surface area contributed by atoms with E-state index in [1.54, 1.807) is 0 Å².